The molecule has 0 bridgehead atoms. The first-order valence-electron chi connectivity index (χ1n) is 11.1. The van der Waals surface area contributed by atoms with Gasteiger partial charge >= 0.3 is 5.97 Å². The van der Waals surface area contributed by atoms with Crippen LogP contribution in [0, 0.1) is 0 Å². The van der Waals surface area contributed by atoms with Gasteiger partial charge in [-0.3, -0.25) is 9.59 Å². The van der Waals surface area contributed by atoms with Crippen molar-refractivity contribution in [1.82, 2.24) is 14.9 Å². The minimum Gasteiger partial charge on any atom is -0.464 e. The van der Waals surface area contributed by atoms with E-state index < -0.39 is 17.9 Å². The molecule has 2 aromatic heterocycles. The Kier molecular flexibility index (Phi) is 5.69. The van der Waals surface area contributed by atoms with Crippen LogP contribution in [0.15, 0.2) is 65.5 Å². The summed E-state index contributed by atoms with van der Waals surface area (Å²) in [5, 5.41) is 3.87. The number of rotatable bonds is 7. The second-order valence-corrected chi connectivity index (χ2v) is 8.38. The van der Waals surface area contributed by atoms with E-state index in [-0.39, 0.29) is 13.0 Å². The lowest BCUT2D eigenvalue weighted by molar-refractivity contribution is -0.148. The zero-order chi connectivity index (χ0) is 22.8. The van der Waals surface area contributed by atoms with Crippen LogP contribution >= 0.6 is 0 Å². The monoisotopic (exact) mass is 443 g/mol. The molecular weight excluding hydrogens is 418 g/mol. The van der Waals surface area contributed by atoms with Crippen molar-refractivity contribution in [2.75, 3.05) is 6.61 Å². The van der Waals surface area contributed by atoms with Crippen molar-refractivity contribution in [2.24, 2.45) is 7.05 Å². The van der Waals surface area contributed by atoms with Crippen LogP contribution in [-0.4, -0.2) is 28.0 Å². The number of carbonyl (C=O) groups is 2. The van der Waals surface area contributed by atoms with Gasteiger partial charge in [0.05, 0.1) is 12.7 Å². The number of furan rings is 1. The van der Waals surface area contributed by atoms with E-state index in [1.807, 2.05) is 48.1 Å². The average molecular weight is 444 g/mol. The maximum Gasteiger partial charge on any atom is 0.310 e. The molecule has 33 heavy (non-hydrogen) atoms. The fourth-order valence-electron chi connectivity index (χ4n) is 4.44. The SMILES string of the molecule is Cn1ccnc1C(NC(=O)COC(=O)Cc1coc2cc3c(cc12)CCC3)c1ccccc1. The van der Waals surface area contributed by atoms with Gasteiger partial charge in [-0.15, -0.1) is 0 Å². The van der Waals surface area contributed by atoms with E-state index in [0.717, 1.165) is 41.4 Å². The number of fused-ring (bicyclic) bond motifs is 2. The van der Waals surface area contributed by atoms with Gasteiger partial charge in [0.1, 0.15) is 17.4 Å². The number of aromatic nitrogens is 2. The standard InChI is InChI=1S/C26H25N3O4/c1-29-11-10-27-26(29)25(17-6-3-2-4-7-17)28-23(30)16-33-24(31)14-20-15-32-22-13-19-9-5-8-18(19)12-21(20)22/h2-4,6-7,10-13,15,25H,5,8-9,14,16H2,1H3,(H,28,30). The maximum absolute atomic E-state index is 12.6. The molecule has 1 unspecified atom stereocenters. The molecule has 0 saturated carbocycles. The third-order valence-corrected chi connectivity index (χ3v) is 6.12. The highest BCUT2D eigenvalue weighted by Gasteiger charge is 2.22. The molecule has 2 aromatic carbocycles. The topological polar surface area (TPSA) is 86.4 Å². The zero-order valence-corrected chi connectivity index (χ0v) is 18.4. The fraction of sp³-hybridized carbons (Fsp3) is 0.269. The molecule has 1 amide bonds. The summed E-state index contributed by atoms with van der Waals surface area (Å²) >= 11 is 0. The van der Waals surface area contributed by atoms with Crippen LogP contribution in [0.4, 0.5) is 0 Å². The number of nitrogens with zero attached hydrogens (tertiary/aromatic N) is 2. The summed E-state index contributed by atoms with van der Waals surface area (Å²) in [6.45, 7) is -0.363. The van der Waals surface area contributed by atoms with Crippen molar-refractivity contribution in [3.63, 3.8) is 0 Å². The van der Waals surface area contributed by atoms with Gasteiger partial charge in [0.15, 0.2) is 6.61 Å². The van der Waals surface area contributed by atoms with E-state index >= 15 is 0 Å². The van der Waals surface area contributed by atoms with Crippen molar-refractivity contribution in [3.8, 4) is 0 Å². The Morgan fingerprint density at radius 1 is 1.18 bits per heavy atom. The molecule has 5 rings (SSSR count). The van der Waals surface area contributed by atoms with E-state index in [4.69, 9.17) is 9.15 Å². The van der Waals surface area contributed by atoms with Crippen molar-refractivity contribution >= 4 is 22.8 Å². The molecule has 0 radical (unpaired) electrons. The van der Waals surface area contributed by atoms with Crippen LogP contribution in [0.25, 0.3) is 11.0 Å². The first-order valence-corrected chi connectivity index (χ1v) is 11.1. The highest BCUT2D eigenvalue weighted by Crippen LogP contribution is 2.30. The number of nitrogens with one attached hydrogen (secondary N) is 1. The molecule has 7 nitrogen and oxygen atoms in total. The number of benzene rings is 2. The summed E-state index contributed by atoms with van der Waals surface area (Å²) < 4.78 is 12.8. The number of esters is 1. The molecule has 4 aromatic rings. The number of carbonyl (C=O) groups excluding carboxylic acids is 2. The van der Waals surface area contributed by atoms with Crippen molar-refractivity contribution in [3.05, 3.63) is 89.2 Å². The van der Waals surface area contributed by atoms with Gasteiger partial charge in [0.2, 0.25) is 0 Å². The summed E-state index contributed by atoms with van der Waals surface area (Å²) in [7, 11) is 1.87. The second-order valence-electron chi connectivity index (χ2n) is 8.38. The summed E-state index contributed by atoms with van der Waals surface area (Å²) in [5.41, 5.74) is 5.10. The van der Waals surface area contributed by atoms with Gasteiger partial charge < -0.3 is 19.0 Å². The Hall–Kier alpha value is -3.87. The molecule has 0 spiro atoms. The smallest absolute Gasteiger partial charge is 0.310 e. The molecular formula is C26H25N3O4. The van der Waals surface area contributed by atoms with Crippen molar-refractivity contribution in [1.29, 1.82) is 0 Å². The lowest BCUT2D eigenvalue weighted by atomic mass is 10.0. The lowest BCUT2D eigenvalue weighted by Gasteiger charge is -2.19. The minimum atomic E-state index is -0.471. The van der Waals surface area contributed by atoms with Crippen LogP contribution in [-0.2, 0) is 40.6 Å². The first kappa shape index (κ1) is 21.0. The number of imidazole rings is 1. The molecule has 168 valence electrons. The highest BCUT2D eigenvalue weighted by molar-refractivity contribution is 5.88. The highest BCUT2D eigenvalue weighted by atomic mass is 16.5. The Labute approximate surface area is 191 Å². The molecule has 0 aliphatic heterocycles. The molecule has 0 fully saturated rings. The largest absolute Gasteiger partial charge is 0.464 e. The molecule has 1 N–H and O–H groups in total. The normalized spacial score (nSPS) is 13.6. The Balaban J connectivity index is 1.23. The van der Waals surface area contributed by atoms with E-state index in [0.29, 0.717) is 5.82 Å². The first-order chi connectivity index (χ1) is 16.1. The predicted octanol–water partition coefficient (Wildman–Crippen LogP) is 3.65. The van der Waals surface area contributed by atoms with E-state index in [1.54, 1.807) is 12.5 Å². The molecule has 7 heteroatoms. The van der Waals surface area contributed by atoms with Gasteiger partial charge in [0.25, 0.3) is 5.91 Å². The summed E-state index contributed by atoms with van der Waals surface area (Å²) in [6, 6.07) is 13.3. The average Bonchev–Trinajstić information content (AvgIpc) is 3.55. The molecule has 1 aliphatic rings. The number of ether oxygens (including phenoxy) is 1. The number of hydrogen-bond donors (Lipinski definition) is 1. The summed E-state index contributed by atoms with van der Waals surface area (Å²) in [5.74, 6) is -0.171. The Morgan fingerprint density at radius 2 is 1.97 bits per heavy atom. The van der Waals surface area contributed by atoms with Gasteiger partial charge in [-0.25, -0.2) is 4.98 Å². The van der Waals surface area contributed by atoms with Gasteiger partial charge in [-0.05, 0) is 48.1 Å². The summed E-state index contributed by atoms with van der Waals surface area (Å²) in [6.07, 6.45) is 8.44. The van der Waals surface area contributed by atoms with Crippen LogP contribution in [0.1, 0.15) is 40.5 Å². The van der Waals surface area contributed by atoms with Gasteiger partial charge in [-0.2, -0.15) is 0 Å². The van der Waals surface area contributed by atoms with E-state index in [2.05, 4.69) is 22.4 Å². The maximum atomic E-state index is 12.6. The third-order valence-electron chi connectivity index (χ3n) is 6.12. The third kappa shape index (κ3) is 4.39. The Bertz CT molecular complexity index is 1310. The lowest BCUT2D eigenvalue weighted by Crippen LogP contribution is -2.34. The van der Waals surface area contributed by atoms with Crippen LogP contribution in [0.2, 0.25) is 0 Å². The predicted molar refractivity (Wildman–Crippen MR) is 123 cm³/mol. The van der Waals surface area contributed by atoms with Crippen molar-refractivity contribution < 1.29 is 18.7 Å². The van der Waals surface area contributed by atoms with E-state index in [1.165, 1.54) is 11.1 Å². The van der Waals surface area contributed by atoms with E-state index in [9.17, 15) is 9.59 Å². The molecule has 1 atom stereocenters. The molecule has 2 heterocycles. The quantitative estimate of drug-likeness (QED) is 0.441. The fourth-order valence-corrected chi connectivity index (χ4v) is 4.44. The van der Waals surface area contributed by atoms with Crippen LogP contribution in [0.5, 0.6) is 0 Å². The molecule has 0 saturated heterocycles. The Morgan fingerprint density at radius 3 is 2.73 bits per heavy atom. The molecule has 1 aliphatic carbocycles. The van der Waals surface area contributed by atoms with Crippen LogP contribution < -0.4 is 5.32 Å². The number of aryl methyl sites for hydroxylation is 3. The summed E-state index contributed by atoms with van der Waals surface area (Å²) in [4.78, 5) is 29.5. The van der Waals surface area contributed by atoms with Gasteiger partial charge in [0, 0.05) is 30.4 Å². The number of hydrogen-bond acceptors (Lipinski definition) is 5. The second kappa shape index (κ2) is 8.94. The van der Waals surface area contributed by atoms with Gasteiger partial charge in [-0.1, -0.05) is 30.3 Å². The van der Waals surface area contributed by atoms with Crippen LogP contribution in [0.3, 0.4) is 0 Å². The minimum absolute atomic E-state index is 0.0561. The zero-order valence-electron chi connectivity index (χ0n) is 18.4. The number of amides is 1. The van der Waals surface area contributed by atoms with Crippen molar-refractivity contribution in [2.45, 2.75) is 31.7 Å².